The van der Waals surface area contributed by atoms with E-state index in [-0.39, 0.29) is 11.9 Å². The molecule has 1 amide bonds. The highest BCUT2D eigenvalue weighted by molar-refractivity contribution is 7.99. The lowest BCUT2D eigenvalue weighted by Gasteiger charge is -2.32. The van der Waals surface area contributed by atoms with Crippen LogP contribution in [0.4, 0.5) is 5.69 Å². The van der Waals surface area contributed by atoms with E-state index in [1.54, 1.807) is 11.8 Å². The van der Waals surface area contributed by atoms with Gasteiger partial charge in [-0.15, -0.1) is 11.8 Å². The Morgan fingerprint density at radius 1 is 1.11 bits per heavy atom. The van der Waals surface area contributed by atoms with Crippen molar-refractivity contribution in [3.8, 4) is 0 Å². The van der Waals surface area contributed by atoms with E-state index < -0.39 is 0 Å². The van der Waals surface area contributed by atoms with Crippen LogP contribution in [0.15, 0.2) is 54.6 Å². The van der Waals surface area contributed by atoms with Crippen molar-refractivity contribution in [2.45, 2.75) is 38.5 Å². The number of nitrogens with one attached hydrogen (secondary N) is 1. The number of anilines is 1. The fourth-order valence-corrected chi connectivity index (χ4v) is 4.24. The molecule has 2 aromatic rings. The van der Waals surface area contributed by atoms with E-state index >= 15 is 0 Å². The molecular formula is C23H30N2OS. The van der Waals surface area contributed by atoms with Gasteiger partial charge in [0.25, 0.3) is 0 Å². The maximum atomic E-state index is 12.2. The first kappa shape index (κ1) is 19.8. The lowest BCUT2D eigenvalue weighted by Crippen LogP contribution is -2.32. The number of thioether (sulfide) groups is 1. The summed E-state index contributed by atoms with van der Waals surface area (Å²) in [5, 5.41) is 3.11. The number of nitrogens with zero attached hydrogens (tertiary/aromatic N) is 1. The van der Waals surface area contributed by atoms with Crippen molar-refractivity contribution in [3.05, 3.63) is 65.7 Å². The van der Waals surface area contributed by atoms with Crippen LogP contribution in [0.25, 0.3) is 0 Å². The van der Waals surface area contributed by atoms with E-state index in [4.69, 9.17) is 0 Å². The molecule has 27 heavy (non-hydrogen) atoms. The first-order chi connectivity index (χ1) is 13.1. The molecule has 3 rings (SSSR count). The average molecular weight is 383 g/mol. The van der Waals surface area contributed by atoms with Crippen LogP contribution in [-0.4, -0.2) is 24.7 Å². The molecule has 0 saturated carbocycles. The van der Waals surface area contributed by atoms with Gasteiger partial charge in [-0.3, -0.25) is 4.79 Å². The number of piperidine rings is 1. The first-order valence-electron chi connectivity index (χ1n) is 9.88. The molecule has 0 aliphatic carbocycles. The van der Waals surface area contributed by atoms with Crippen LogP contribution in [0.3, 0.4) is 0 Å². The summed E-state index contributed by atoms with van der Waals surface area (Å²) in [6.45, 7) is 6.68. The summed E-state index contributed by atoms with van der Waals surface area (Å²) in [6.07, 6.45) is 2.55. The zero-order valence-electron chi connectivity index (χ0n) is 16.4. The van der Waals surface area contributed by atoms with Crippen molar-refractivity contribution in [2.75, 3.05) is 23.7 Å². The van der Waals surface area contributed by atoms with Crippen molar-refractivity contribution in [1.29, 1.82) is 0 Å². The van der Waals surface area contributed by atoms with Crippen LogP contribution >= 0.6 is 11.8 Å². The summed E-state index contributed by atoms with van der Waals surface area (Å²) < 4.78 is 0. The highest BCUT2D eigenvalue weighted by Gasteiger charge is 2.16. The van der Waals surface area contributed by atoms with E-state index in [0.717, 1.165) is 30.3 Å². The quantitative estimate of drug-likeness (QED) is 0.729. The van der Waals surface area contributed by atoms with Gasteiger partial charge in [0.15, 0.2) is 0 Å². The fraction of sp³-hybridized carbons (Fsp3) is 0.435. The Morgan fingerprint density at radius 3 is 2.44 bits per heavy atom. The number of hydrogen-bond donors (Lipinski definition) is 1. The number of carbonyl (C=O) groups is 1. The van der Waals surface area contributed by atoms with Gasteiger partial charge in [0, 0.05) is 24.5 Å². The highest BCUT2D eigenvalue weighted by atomic mass is 32.2. The lowest BCUT2D eigenvalue weighted by atomic mass is 9.98. The predicted molar refractivity (Wildman–Crippen MR) is 116 cm³/mol. The largest absolute Gasteiger partial charge is 0.372 e. The Labute approximate surface area is 167 Å². The summed E-state index contributed by atoms with van der Waals surface area (Å²) in [5.41, 5.74) is 3.71. The van der Waals surface area contributed by atoms with Gasteiger partial charge in [-0.2, -0.15) is 0 Å². The summed E-state index contributed by atoms with van der Waals surface area (Å²) in [7, 11) is 0. The van der Waals surface area contributed by atoms with Gasteiger partial charge in [0.05, 0.1) is 11.8 Å². The molecule has 1 heterocycles. The van der Waals surface area contributed by atoms with E-state index in [9.17, 15) is 4.79 Å². The van der Waals surface area contributed by atoms with Gasteiger partial charge in [0.2, 0.25) is 5.91 Å². The Bertz CT molecular complexity index is 709. The third kappa shape index (κ3) is 6.03. The van der Waals surface area contributed by atoms with Crippen molar-refractivity contribution >= 4 is 23.4 Å². The van der Waals surface area contributed by atoms with Gasteiger partial charge in [0.1, 0.15) is 0 Å². The van der Waals surface area contributed by atoms with Gasteiger partial charge in [-0.25, -0.2) is 0 Å². The summed E-state index contributed by atoms with van der Waals surface area (Å²) in [4.78, 5) is 14.7. The number of amides is 1. The fourth-order valence-electron chi connectivity index (χ4n) is 3.44. The molecule has 0 spiro atoms. The average Bonchev–Trinajstić information content (AvgIpc) is 2.69. The number of benzene rings is 2. The van der Waals surface area contributed by atoms with Crippen molar-refractivity contribution in [2.24, 2.45) is 5.92 Å². The SMILES string of the molecule is CC1CCN(c2ccc([C@@H](C)NC(=O)CSCc3ccccc3)cc2)CC1. The first-order valence-corrected chi connectivity index (χ1v) is 11.0. The zero-order valence-corrected chi connectivity index (χ0v) is 17.2. The third-order valence-corrected chi connectivity index (χ3v) is 6.27. The molecule has 1 saturated heterocycles. The standard InChI is InChI=1S/C23H30N2OS/c1-18-12-14-25(15-13-18)22-10-8-21(9-11-22)19(2)24-23(26)17-27-16-20-6-4-3-5-7-20/h3-11,18-19H,12-17H2,1-2H3,(H,24,26)/t19-/m1/s1. The van der Waals surface area contributed by atoms with Crippen LogP contribution < -0.4 is 10.2 Å². The topological polar surface area (TPSA) is 32.3 Å². The minimum absolute atomic E-state index is 0.0326. The normalized spacial score (nSPS) is 16.1. The molecule has 144 valence electrons. The minimum Gasteiger partial charge on any atom is -0.372 e. The van der Waals surface area contributed by atoms with Crippen molar-refractivity contribution < 1.29 is 4.79 Å². The summed E-state index contributed by atoms with van der Waals surface area (Å²) in [6, 6.07) is 19.0. The van der Waals surface area contributed by atoms with Gasteiger partial charge >= 0.3 is 0 Å². The van der Waals surface area contributed by atoms with Crippen LogP contribution in [0.1, 0.15) is 43.9 Å². The van der Waals surface area contributed by atoms with Gasteiger partial charge in [-0.05, 0) is 48.9 Å². The molecule has 0 radical (unpaired) electrons. The van der Waals surface area contributed by atoms with Crippen LogP contribution in [0.5, 0.6) is 0 Å². The van der Waals surface area contributed by atoms with Crippen LogP contribution in [0, 0.1) is 5.92 Å². The molecule has 1 fully saturated rings. The molecule has 4 heteroatoms. The van der Waals surface area contributed by atoms with Gasteiger partial charge < -0.3 is 10.2 Å². The van der Waals surface area contributed by atoms with Crippen LogP contribution in [-0.2, 0) is 10.5 Å². The lowest BCUT2D eigenvalue weighted by molar-refractivity contribution is -0.119. The molecular weight excluding hydrogens is 352 g/mol. The van der Waals surface area contributed by atoms with E-state index in [1.807, 2.05) is 18.2 Å². The molecule has 0 aromatic heterocycles. The molecule has 1 aliphatic heterocycles. The maximum Gasteiger partial charge on any atom is 0.230 e. The second-order valence-corrected chi connectivity index (χ2v) is 8.51. The Balaban J connectivity index is 1.44. The molecule has 1 atom stereocenters. The predicted octanol–water partition coefficient (Wildman–Crippen LogP) is 5.03. The molecule has 2 aromatic carbocycles. The molecule has 1 aliphatic rings. The minimum atomic E-state index is 0.0326. The third-order valence-electron chi connectivity index (χ3n) is 5.26. The van der Waals surface area contributed by atoms with Crippen LogP contribution in [0.2, 0.25) is 0 Å². The second kappa shape index (κ2) is 9.84. The smallest absolute Gasteiger partial charge is 0.230 e. The number of rotatable bonds is 7. The van der Waals surface area contributed by atoms with Crippen molar-refractivity contribution in [3.63, 3.8) is 0 Å². The zero-order chi connectivity index (χ0) is 19.1. The maximum absolute atomic E-state index is 12.2. The Kier molecular flexibility index (Phi) is 7.22. The summed E-state index contributed by atoms with van der Waals surface area (Å²) in [5.74, 6) is 2.29. The Hall–Kier alpha value is -1.94. The second-order valence-electron chi connectivity index (χ2n) is 7.53. The number of carbonyl (C=O) groups excluding carboxylic acids is 1. The highest BCUT2D eigenvalue weighted by Crippen LogP contribution is 2.24. The van der Waals surface area contributed by atoms with Crippen molar-refractivity contribution in [1.82, 2.24) is 5.32 Å². The monoisotopic (exact) mass is 382 g/mol. The van der Waals surface area contributed by atoms with E-state index in [2.05, 4.69) is 60.5 Å². The van der Waals surface area contributed by atoms with Gasteiger partial charge in [-0.1, -0.05) is 49.4 Å². The molecule has 3 nitrogen and oxygen atoms in total. The van der Waals surface area contributed by atoms with E-state index in [0.29, 0.717) is 5.75 Å². The Morgan fingerprint density at radius 2 is 1.78 bits per heavy atom. The molecule has 0 bridgehead atoms. The molecule has 0 unspecified atom stereocenters. The number of hydrogen-bond acceptors (Lipinski definition) is 3. The molecule has 1 N–H and O–H groups in total. The summed E-state index contributed by atoms with van der Waals surface area (Å²) >= 11 is 1.65. The van der Waals surface area contributed by atoms with E-state index in [1.165, 1.54) is 24.1 Å².